The zero-order chi connectivity index (χ0) is 12.1. The highest BCUT2D eigenvalue weighted by Crippen LogP contribution is 2.16. The molecule has 0 N–H and O–H groups in total. The molecule has 84 valence electrons. The number of ether oxygens (including phenoxy) is 1. The molecule has 0 aliphatic carbocycles. The van der Waals surface area contributed by atoms with Gasteiger partial charge in [-0.05, 0) is 37.4 Å². The van der Waals surface area contributed by atoms with Gasteiger partial charge in [-0.15, -0.1) is 0 Å². The van der Waals surface area contributed by atoms with Crippen molar-refractivity contribution < 1.29 is 14.3 Å². The second-order valence-electron chi connectivity index (χ2n) is 3.19. The molecule has 0 fully saturated rings. The summed E-state index contributed by atoms with van der Waals surface area (Å²) in [5, 5.41) is -0.0159. The SMILES string of the molecule is C=C(C)C(=O)Oc1ccc(C(=O)SC)cc1. The van der Waals surface area contributed by atoms with E-state index < -0.39 is 5.97 Å². The summed E-state index contributed by atoms with van der Waals surface area (Å²) in [4.78, 5) is 22.5. The van der Waals surface area contributed by atoms with E-state index in [2.05, 4.69) is 6.58 Å². The predicted octanol–water partition coefficient (Wildman–Crippen LogP) is 2.67. The van der Waals surface area contributed by atoms with Gasteiger partial charge in [0.25, 0.3) is 0 Å². The Morgan fingerprint density at radius 2 is 1.81 bits per heavy atom. The van der Waals surface area contributed by atoms with Crippen LogP contribution >= 0.6 is 11.8 Å². The molecular formula is C12H12O3S. The maximum absolute atomic E-state index is 11.3. The van der Waals surface area contributed by atoms with E-state index in [0.29, 0.717) is 16.9 Å². The summed E-state index contributed by atoms with van der Waals surface area (Å²) in [6.45, 7) is 5.06. The van der Waals surface area contributed by atoms with Crippen molar-refractivity contribution in [2.24, 2.45) is 0 Å². The third kappa shape index (κ3) is 3.24. The van der Waals surface area contributed by atoms with Crippen LogP contribution in [0.3, 0.4) is 0 Å². The van der Waals surface area contributed by atoms with E-state index in [-0.39, 0.29) is 5.12 Å². The van der Waals surface area contributed by atoms with Gasteiger partial charge < -0.3 is 4.74 Å². The summed E-state index contributed by atoms with van der Waals surface area (Å²) in [5.74, 6) is -0.0606. The number of rotatable bonds is 3. The maximum Gasteiger partial charge on any atom is 0.338 e. The van der Waals surface area contributed by atoms with E-state index in [0.717, 1.165) is 11.8 Å². The van der Waals surface area contributed by atoms with Gasteiger partial charge >= 0.3 is 5.97 Å². The van der Waals surface area contributed by atoms with Gasteiger partial charge in [0.2, 0.25) is 5.12 Å². The molecule has 0 spiro atoms. The third-order valence-electron chi connectivity index (χ3n) is 1.83. The minimum atomic E-state index is -0.469. The molecule has 0 amide bonds. The van der Waals surface area contributed by atoms with Gasteiger partial charge in [-0.25, -0.2) is 4.79 Å². The Bertz CT molecular complexity index is 420. The van der Waals surface area contributed by atoms with Crippen molar-refractivity contribution >= 4 is 22.8 Å². The van der Waals surface area contributed by atoms with Gasteiger partial charge in [0.15, 0.2) is 0 Å². The van der Waals surface area contributed by atoms with Crippen molar-refractivity contribution in [1.29, 1.82) is 0 Å². The lowest BCUT2D eigenvalue weighted by Crippen LogP contribution is -2.08. The fourth-order valence-corrected chi connectivity index (χ4v) is 1.34. The van der Waals surface area contributed by atoms with E-state index in [1.807, 2.05) is 0 Å². The minimum absolute atomic E-state index is 0.0159. The minimum Gasteiger partial charge on any atom is -0.423 e. The van der Waals surface area contributed by atoms with Crippen LogP contribution in [-0.2, 0) is 4.79 Å². The topological polar surface area (TPSA) is 43.4 Å². The van der Waals surface area contributed by atoms with E-state index in [4.69, 9.17) is 4.74 Å². The zero-order valence-electron chi connectivity index (χ0n) is 9.15. The lowest BCUT2D eigenvalue weighted by atomic mass is 10.2. The van der Waals surface area contributed by atoms with E-state index >= 15 is 0 Å². The van der Waals surface area contributed by atoms with Crippen LogP contribution in [0.5, 0.6) is 5.75 Å². The van der Waals surface area contributed by atoms with Crippen LogP contribution in [0.1, 0.15) is 17.3 Å². The smallest absolute Gasteiger partial charge is 0.338 e. The normalized spacial score (nSPS) is 9.62. The van der Waals surface area contributed by atoms with Crippen LogP contribution in [-0.4, -0.2) is 17.3 Å². The van der Waals surface area contributed by atoms with Crippen molar-refractivity contribution in [3.05, 3.63) is 42.0 Å². The van der Waals surface area contributed by atoms with Crippen LogP contribution in [0.2, 0.25) is 0 Å². The summed E-state index contributed by atoms with van der Waals surface area (Å²) in [7, 11) is 0. The number of carbonyl (C=O) groups excluding carboxylic acids is 2. The number of benzene rings is 1. The lowest BCUT2D eigenvalue weighted by Gasteiger charge is -2.04. The molecule has 1 rings (SSSR count). The van der Waals surface area contributed by atoms with Crippen molar-refractivity contribution in [3.8, 4) is 5.75 Å². The predicted molar refractivity (Wildman–Crippen MR) is 64.7 cm³/mol. The van der Waals surface area contributed by atoms with Gasteiger partial charge in [-0.2, -0.15) is 0 Å². The molecule has 0 saturated heterocycles. The Labute approximate surface area is 98.5 Å². The quantitative estimate of drug-likeness (QED) is 0.460. The molecule has 0 aliphatic rings. The van der Waals surface area contributed by atoms with Crippen molar-refractivity contribution in [1.82, 2.24) is 0 Å². The Kier molecular flexibility index (Phi) is 4.31. The first kappa shape index (κ1) is 12.5. The monoisotopic (exact) mass is 236 g/mol. The molecular weight excluding hydrogens is 224 g/mol. The van der Waals surface area contributed by atoms with Crippen LogP contribution in [0, 0.1) is 0 Å². The summed E-state index contributed by atoms with van der Waals surface area (Å²) < 4.78 is 4.99. The fraction of sp³-hybridized carbons (Fsp3) is 0.167. The Balaban J connectivity index is 2.76. The summed E-state index contributed by atoms with van der Waals surface area (Å²) in [6.07, 6.45) is 1.72. The first-order valence-electron chi connectivity index (χ1n) is 4.60. The highest BCUT2D eigenvalue weighted by atomic mass is 32.2. The van der Waals surface area contributed by atoms with Gasteiger partial charge in [-0.3, -0.25) is 4.79 Å². The average Bonchev–Trinajstić information content (AvgIpc) is 2.28. The fourth-order valence-electron chi connectivity index (χ4n) is 0.971. The summed E-state index contributed by atoms with van der Waals surface area (Å²) >= 11 is 1.14. The number of hydrogen-bond acceptors (Lipinski definition) is 4. The van der Waals surface area contributed by atoms with E-state index in [1.165, 1.54) is 0 Å². The van der Waals surface area contributed by atoms with Crippen molar-refractivity contribution in [2.45, 2.75) is 6.92 Å². The third-order valence-corrected chi connectivity index (χ3v) is 2.44. The second-order valence-corrected chi connectivity index (χ2v) is 3.96. The molecule has 0 aliphatic heterocycles. The Morgan fingerprint density at radius 3 is 2.25 bits per heavy atom. The Morgan fingerprint density at radius 1 is 1.25 bits per heavy atom. The second kappa shape index (κ2) is 5.51. The standard InChI is InChI=1S/C12H12O3S/c1-8(2)11(13)15-10-6-4-9(5-7-10)12(14)16-3/h4-7H,1H2,2-3H3. The highest BCUT2D eigenvalue weighted by Gasteiger charge is 2.07. The van der Waals surface area contributed by atoms with Crippen LogP contribution in [0.15, 0.2) is 36.4 Å². The van der Waals surface area contributed by atoms with E-state index in [9.17, 15) is 9.59 Å². The molecule has 4 heteroatoms. The molecule has 3 nitrogen and oxygen atoms in total. The molecule has 0 radical (unpaired) electrons. The molecule has 0 heterocycles. The number of esters is 1. The molecule has 0 unspecified atom stereocenters. The molecule has 1 aromatic rings. The molecule has 16 heavy (non-hydrogen) atoms. The number of hydrogen-bond donors (Lipinski definition) is 0. The van der Waals surface area contributed by atoms with Crippen LogP contribution in [0.25, 0.3) is 0 Å². The number of carbonyl (C=O) groups is 2. The van der Waals surface area contributed by atoms with Crippen LogP contribution < -0.4 is 4.74 Å². The summed E-state index contributed by atoms with van der Waals surface area (Å²) in [5.41, 5.74) is 0.923. The first-order chi connectivity index (χ1) is 7.54. The highest BCUT2D eigenvalue weighted by molar-refractivity contribution is 8.13. The summed E-state index contributed by atoms with van der Waals surface area (Å²) in [6, 6.07) is 6.42. The van der Waals surface area contributed by atoms with Gasteiger partial charge in [0.1, 0.15) is 5.75 Å². The maximum atomic E-state index is 11.3. The molecule has 0 aromatic heterocycles. The van der Waals surface area contributed by atoms with Gasteiger partial charge in [0, 0.05) is 11.1 Å². The molecule has 0 atom stereocenters. The van der Waals surface area contributed by atoms with E-state index in [1.54, 1.807) is 37.4 Å². The molecule has 1 aromatic carbocycles. The first-order valence-corrected chi connectivity index (χ1v) is 5.83. The van der Waals surface area contributed by atoms with Crippen molar-refractivity contribution in [2.75, 3.05) is 6.26 Å². The lowest BCUT2D eigenvalue weighted by molar-refractivity contribution is -0.130. The van der Waals surface area contributed by atoms with Crippen LogP contribution in [0.4, 0.5) is 0 Å². The largest absolute Gasteiger partial charge is 0.423 e. The van der Waals surface area contributed by atoms with Gasteiger partial charge in [0.05, 0.1) is 0 Å². The zero-order valence-corrected chi connectivity index (χ0v) is 9.97. The van der Waals surface area contributed by atoms with Crippen molar-refractivity contribution in [3.63, 3.8) is 0 Å². The molecule has 0 saturated carbocycles. The number of thioether (sulfide) groups is 1. The Hall–Kier alpha value is -1.55. The van der Waals surface area contributed by atoms with Gasteiger partial charge in [-0.1, -0.05) is 18.3 Å². The average molecular weight is 236 g/mol. The molecule has 0 bridgehead atoms.